The third-order valence-corrected chi connectivity index (χ3v) is 8.85. The minimum absolute atomic E-state index is 0.00915. The van der Waals surface area contributed by atoms with Crippen LogP contribution in [-0.4, -0.2) is 49.5 Å². The van der Waals surface area contributed by atoms with Crippen LogP contribution in [0.2, 0.25) is 10.0 Å². The third kappa shape index (κ3) is 10.3. The van der Waals surface area contributed by atoms with Gasteiger partial charge in [0, 0.05) is 47.1 Å². The fraction of sp³-hybridized carbons (Fsp3) is 0.394. The highest BCUT2D eigenvalue weighted by molar-refractivity contribution is 7.92. The summed E-state index contributed by atoms with van der Waals surface area (Å²) in [5.74, 6) is -0.614. The minimum Gasteiger partial charge on any atom is -0.350 e. The molecule has 0 fully saturated rings. The maximum absolute atomic E-state index is 14.0. The second-order valence-corrected chi connectivity index (χ2v) is 14.3. The van der Waals surface area contributed by atoms with Crippen molar-refractivity contribution in [1.29, 1.82) is 0 Å². The Labute approximate surface area is 266 Å². The van der Waals surface area contributed by atoms with Gasteiger partial charge in [-0.05, 0) is 69.0 Å². The Balaban J connectivity index is 1.94. The van der Waals surface area contributed by atoms with E-state index in [0.717, 1.165) is 23.8 Å². The summed E-state index contributed by atoms with van der Waals surface area (Å²) in [6, 6.07) is 21.1. The molecule has 0 saturated carbocycles. The molecule has 7 nitrogen and oxygen atoms in total. The van der Waals surface area contributed by atoms with E-state index in [2.05, 4.69) is 5.32 Å². The number of anilines is 1. The number of nitrogens with one attached hydrogen (secondary N) is 1. The van der Waals surface area contributed by atoms with Crippen LogP contribution in [0.5, 0.6) is 0 Å². The molecule has 3 aromatic carbocycles. The van der Waals surface area contributed by atoms with Crippen LogP contribution in [0.4, 0.5) is 5.69 Å². The van der Waals surface area contributed by atoms with E-state index < -0.39 is 21.6 Å². The van der Waals surface area contributed by atoms with Gasteiger partial charge in [0.1, 0.15) is 6.04 Å². The van der Waals surface area contributed by atoms with Gasteiger partial charge in [-0.25, -0.2) is 8.42 Å². The standard InChI is InChI=1S/C33H41Cl2N3O4S/c1-6-24-17-19-26(20-18-24)38(43(5,41)42)21-11-16-31(39)37(23-27-28(34)14-10-15-29(27)35)30(32(40)36-33(2,3)4)22-25-12-8-7-9-13-25/h7-10,12-15,17-20,30H,6,11,16,21-23H2,1-5H3,(H,36,40). The molecule has 0 aliphatic carbocycles. The molecule has 0 radical (unpaired) electrons. The first kappa shape index (κ1) is 34.4. The van der Waals surface area contributed by atoms with Crippen LogP contribution in [0.1, 0.15) is 57.2 Å². The largest absolute Gasteiger partial charge is 0.350 e. The fourth-order valence-electron chi connectivity index (χ4n) is 4.76. The summed E-state index contributed by atoms with van der Waals surface area (Å²) in [5, 5.41) is 3.80. The molecule has 0 bridgehead atoms. The summed E-state index contributed by atoms with van der Waals surface area (Å²) in [7, 11) is -3.60. The van der Waals surface area contributed by atoms with Crippen LogP contribution in [-0.2, 0) is 39.0 Å². The van der Waals surface area contributed by atoms with Gasteiger partial charge in [0.25, 0.3) is 0 Å². The number of aryl methyl sites for hydroxylation is 1. The van der Waals surface area contributed by atoms with Crippen LogP contribution in [0.3, 0.4) is 0 Å². The number of hydrogen-bond donors (Lipinski definition) is 1. The highest BCUT2D eigenvalue weighted by Crippen LogP contribution is 2.28. The number of rotatable bonds is 13. The molecule has 1 unspecified atom stereocenters. The quantitative estimate of drug-likeness (QED) is 0.225. The lowest BCUT2D eigenvalue weighted by Gasteiger charge is -2.34. The molecule has 3 rings (SSSR count). The fourth-order valence-corrected chi connectivity index (χ4v) is 6.24. The summed E-state index contributed by atoms with van der Waals surface area (Å²) in [4.78, 5) is 29.3. The first-order valence-electron chi connectivity index (χ1n) is 14.3. The van der Waals surface area contributed by atoms with Gasteiger partial charge in [-0.1, -0.05) is 78.7 Å². The van der Waals surface area contributed by atoms with Gasteiger partial charge >= 0.3 is 0 Å². The Hall–Kier alpha value is -3.07. The first-order valence-corrected chi connectivity index (χ1v) is 16.9. The Morgan fingerprint density at radius 2 is 1.49 bits per heavy atom. The number of nitrogens with zero attached hydrogens (tertiary/aromatic N) is 2. The summed E-state index contributed by atoms with van der Waals surface area (Å²) in [6.07, 6.45) is 2.52. The Morgan fingerprint density at radius 1 is 0.884 bits per heavy atom. The number of carbonyl (C=O) groups is 2. The molecule has 0 heterocycles. The average Bonchev–Trinajstić information content (AvgIpc) is 2.93. The van der Waals surface area contributed by atoms with Crippen molar-refractivity contribution in [1.82, 2.24) is 10.2 Å². The van der Waals surface area contributed by atoms with E-state index in [-0.39, 0.29) is 44.2 Å². The monoisotopic (exact) mass is 645 g/mol. The van der Waals surface area contributed by atoms with Crippen LogP contribution >= 0.6 is 23.2 Å². The Kier molecular flexibility index (Phi) is 12.1. The number of carbonyl (C=O) groups excluding carboxylic acids is 2. The van der Waals surface area contributed by atoms with E-state index >= 15 is 0 Å². The summed E-state index contributed by atoms with van der Waals surface area (Å²) < 4.78 is 26.7. The number of benzene rings is 3. The minimum atomic E-state index is -3.60. The van der Waals surface area contributed by atoms with Gasteiger partial charge < -0.3 is 10.2 Å². The summed E-state index contributed by atoms with van der Waals surface area (Å²) in [6.45, 7) is 7.80. The van der Waals surface area contributed by atoms with E-state index in [9.17, 15) is 18.0 Å². The topological polar surface area (TPSA) is 86.8 Å². The lowest BCUT2D eigenvalue weighted by molar-refractivity contribution is -0.142. The average molecular weight is 647 g/mol. The maximum atomic E-state index is 14.0. The molecule has 1 atom stereocenters. The molecule has 3 aromatic rings. The highest BCUT2D eigenvalue weighted by atomic mass is 35.5. The molecule has 1 N–H and O–H groups in total. The van der Waals surface area contributed by atoms with Crippen molar-refractivity contribution in [3.63, 3.8) is 0 Å². The number of amides is 2. The molecular formula is C33H41Cl2N3O4S. The smallest absolute Gasteiger partial charge is 0.243 e. The van der Waals surface area contributed by atoms with Gasteiger partial charge in [0.2, 0.25) is 21.8 Å². The van der Waals surface area contributed by atoms with Gasteiger partial charge in [-0.3, -0.25) is 13.9 Å². The van der Waals surface area contributed by atoms with Crippen LogP contribution < -0.4 is 9.62 Å². The summed E-state index contributed by atoms with van der Waals surface area (Å²) in [5.41, 5.74) is 2.53. The van der Waals surface area contributed by atoms with Gasteiger partial charge in [-0.15, -0.1) is 0 Å². The number of halogens is 2. The van der Waals surface area contributed by atoms with Crippen molar-refractivity contribution >= 4 is 50.7 Å². The van der Waals surface area contributed by atoms with E-state index in [1.807, 2.05) is 70.2 Å². The predicted molar refractivity (Wildman–Crippen MR) is 176 cm³/mol. The molecule has 0 spiro atoms. The molecule has 0 aliphatic heterocycles. The number of sulfonamides is 1. The SMILES string of the molecule is CCc1ccc(N(CCCC(=O)N(Cc2c(Cl)cccc2Cl)C(Cc2ccccc2)C(=O)NC(C)(C)C)S(C)(=O)=O)cc1. The Morgan fingerprint density at radius 3 is 2.02 bits per heavy atom. The second-order valence-electron chi connectivity index (χ2n) is 11.6. The molecule has 232 valence electrons. The van der Waals surface area contributed by atoms with Crippen molar-refractivity contribution in [3.05, 3.63) is 99.5 Å². The zero-order valence-electron chi connectivity index (χ0n) is 25.4. The van der Waals surface area contributed by atoms with E-state index in [1.165, 1.54) is 9.21 Å². The van der Waals surface area contributed by atoms with Crippen LogP contribution in [0, 0.1) is 0 Å². The van der Waals surface area contributed by atoms with E-state index in [1.54, 1.807) is 30.3 Å². The maximum Gasteiger partial charge on any atom is 0.243 e. The van der Waals surface area contributed by atoms with Crippen LogP contribution in [0.15, 0.2) is 72.8 Å². The van der Waals surface area contributed by atoms with Crippen molar-refractivity contribution in [2.75, 3.05) is 17.1 Å². The molecule has 0 saturated heterocycles. The number of hydrogen-bond acceptors (Lipinski definition) is 4. The summed E-state index contributed by atoms with van der Waals surface area (Å²) >= 11 is 13.0. The van der Waals surface area contributed by atoms with Gasteiger partial charge in [0.15, 0.2) is 0 Å². The lowest BCUT2D eigenvalue weighted by atomic mass is 10.00. The van der Waals surface area contributed by atoms with Gasteiger partial charge in [0.05, 0.1) is 11.9 Å². The zero-order chi connectivity index (χ0) is 31.8. The second kappa shape index (κ2) is 15.1. The first-order chi connectivity index (χ1) is 20.2. The molecule has 43 heavy (non-hydrogen) atoms. The molecule has 0 aliphatic rings. The van der Waals surface area contributed by atoms with Crippen molar-refractivity contribution in [3.8, 4) is 0 Å². The zero-order valence-corrected chi connectivity index (χ0v) is 27.8. The van der Waals surface area contributed by atoms with Crippen LogP contribution in [0.25, 0.3) is 0 Å². The van der Waals surface area contributed by atoms with Crippen molar-refractivity contribution < 1.29 is 18.0 Å². The predicted octanol–water partition coefficient (Wildman–Crippen LogP) is 6.66. The van der Waals surface area contributed by atoms with Crippen molar-refractivity contribution in [2.45, 2.75) is 71.5 Å². The van der Waals surface area contributed by atoms with Gasteiger partial charge in [-0.2, -0.15) is 0 Å². The molecule has 10 heteroatoms. The normalized spacial score (nSPS) is 12.4. The highest BCUT2D eigenvalue weighted by Gasteiger charge is 2.33. The molecular weight excluding hydrogens is 605 g/mol. The third-order valence-electron chi connectivity index (χ3n) is 6.94. The Bertz CT molecular complexity index is 1470. The molecule has 0 aromatic heterocycles. The van der Waals surface area contributed by atoms with E-state index in [4.69, 9.17) is 23.2 Å². The van der Waals surface area contributed by atoms with E-state index in [0.29, 0.717) is 21.3 Å². The lowest BCUT2D eigenvalue weighted by Crippen LogP contribution is -2.54. The van der Waals surface area contributed by atoms with Crippen molar-refractivity contribution in [2.24, 2.45) is 0 Å². The molecule has 2 amide bonds.